The van der Waals surface area contributed by atoms with Crippen LogP contribution in [0.3, 0.4) is 0 Å². The average molecular weight is 440 g/mol. The van der Waals surface area contributed by atoms with Gasteiger partial charge in [0.1, 0.15) is 29.8 Å². The molecule has 10 heteroatoms. The van der Waals surface area contributed by atoms with Crippen LogP contribution in [-0.2, 0) is 4.74 Å². The average Bonchev–Trinajstić information content (AvgIpc) is 3.05. The van der Waals surface area contributed by atoms with E-state index < -0.39 is 0 Å². The van der Waals surface area contributed by atoms with E-state index in [2.05, 4.69) is 24.8 Å². The number of imidazole rings is 1. The summed E-state index contributed by atoms with van der Waals surface area (Å²) in [5, 5.41) is 0.993. The molecule has 0 unspecified atom stereocenters. The van der Waals surface area contributed by atoms with Crippen LogP contribution >= 0.6 is 23.2 Å². The number of rotatable bonds is 3. The van der Waals surface area contributed by atoms with Gasteiger partial charge in [-0.1, -0.05) is 29.3 Å². The van der Waals surface area contributed by atoms with Gasteiger partial charge < -0.3 is 9.64 Å². The molecule has 0 bridgehead atoms. The zero-order valence-corrected chi connectivity index (χ0v) is 17.2. The fourth-order valence-corrected chi connectivity index (χ4v) is 4.63. The van der Waals surface area contributed by atoms with Crippen molar-refractivity contribution in [2.24, 2.45) is 5.41 Å². The molecule has 0 N–H and O–H groups in total. The molecule has 3 aromatic heterocycles. The highest BCUT2D eigenvalue weighted by molar-refractivity contribution is 6.39. The van der Waals surface area contributed by atoms with Crippen molar-refractivity contribution in [2.45, 2.75) is 0 Å². The first-order valence-corrected chi connectivity index (χ1v) is 10.2. The van der Waals surface area contributed by atoms with Crippen molar-refractivity contribution in [3.63, 3.8) is 0 Å². The standard InChI is InChI=1S/C20H15Cl2N7O/c21-12-2-1-3-13(22)17(12)19-27-14-5-23-10-26-18(14)29(19)16-4-15(24-11-25-16)28-6-20(7-28)8-30-9-20/h1-5,10-11H,6-9H2. The Hall–Kier alpha value is -2.81. The first-order chi connectivity index (χ1) is 14.6. The predicted octanol–water partition coefficient (Wildman–Crippen LogP) is 3.42. The Morgan fingerprint density at radius 2 is 1.73 bits per heavy atom. The maximum absolute atomic E-state index is 6.49. The van der Waals surface area contributed by atoms with Gasteiger partial charge in [0.05, 0.1) is 40.4 Å². The molecule has 4 aromatic rings. The summed E-state index contributed by atoms with van der Waals surface area (Å²) in [5.74, 6) is 2.04. The van der Waals surface area contributed by atoms with E-state index in [-0.39, 0.29) is 5.41 Å². The van der Waals surface area contributed by atoms with Crippen LogP contribution in [0.4, 0.5) is 5.82 Å². The van der Waals surface area contributed by atoms with Gasteiger partial charge in [0, 0.05) is 19.2 Å². The normalized spacial score (nSPS) is 17.2. The summed E-state index contributed by atoms with van der Waals surface area (Å²) >= 11 is 13.0. The number of hydrogen-bond donors (Lipinski definition) is 0. The Bertz CT molecular complexity index is 1260. The Morgan fingerprint density at radius 1 is 0.967 bits per heavy atom. The van der Waals surface area contributed by atoms with Crippen molar-refractivity contribution in [2.75, 3.05) is 31.2 Å². The highest BCUT2D eigenvalue weighted by atomic mass is 35.5. The Balaban J connectivity index is 1.50. The van der Waals surface area contributed by atoms with Gasteiger partial charge in [0.2, 0.25) is 0 Å². The van der Waals surface area contributed by atoms with Gasteiger partial charge in [-0.3, -0.25) is 4.57 Å². The summed E-state index contributed by atoms with van der Waals surface area (Å²) in [6.07, 6.45) is 4.69. The summed E-state index contributed by atoms with van der Waals surface area (Å²) in [6.45, 7) is 3.50. The molecule has 30 heavy (non-hydrogen) atoms. The van der Waals surface area contributed by atoms with Gasteiger partial charge in [-0.05, 0) is 12.1 Å². The van der Waals surface area contributed by atoms with Crippen LogP contribution in [0, 0.1) is 5.41 Å². The number of nitrogens with zero attached hydrogens (tertiary/aromatic N) is 7. The molecule has 2 aliphatic rings. The zero-order chi connectivity index (χ0) is 20.3. The molecule has 2 fully saturated rings. The molecule has 8 nitrogen and oxygen atoms in total. The molecular formula is C20H15Cl2N7O. The van der Waals surface area contributed by atoms with Crippen molar-refractivity contribution in [3.8, 4) is 17.2 Å². The van der Waals surface area contributed by atoms with Crippen LogP contribution < -0.4 is 4.90 Å². The van der Waals surface area contributed by atoms with Gasteiger partial charge >= 0.3 is 0 Å². The van der Waals surface area contributed by atoms with Gasteiger partial charge in [0.25, 0.3) is 0 Å². The second-order valence-electron chi connectivity index (χ2n) is 7.68. The Morgan fingerprint density at radius 3 is 2.47 bits per heavy atom. The lowest BCUT2D eigenvalue weighted by atomic mass is 9.78. The summed E-state index contributed by atoms with van der Waals surface area (Å²) < 4.78 is 7.22. The van der Waals surface area contributed by atoms with Crippen molar-refractivity contribution in [3.05, 3.63) is 53.2 Å². The summed E-state index contributed by atoms with van der Waals surface area (Å²) in [7, 11) is 0. The molecule has 1 aromatic carbocycles. The van der Waals surface area contributed by atoms with Crippen LogP contribution in [0.2, 0.25) is 10.0 Å². The molecule has 150 valence electrons. The lowest BCUT2D eigenvalue weighted by molar-refractivity contribution is -0.127. The van der Waals surface area contributed by atoms with Gasteiger partial charge in [-0.25, -0.2) is 24.9 Å². The Labute approximate surface area is 181 Å². The molecule has 6 rings (SSSR count). The van der Waals surface area contributed by atoms with E-state index in [1.54, 1.807) is 30.7 Å². The van der Waals surface area contributed by atoms with Crippen molar-refractivity contribution in [1.29, 1.82) is 0 Å². The quantitative estimate of drug-likeness (QED) is 0.483. The lowest BCUT2D eigenvalue weighted by Crippen LogP contribution is -2.66. The van der Waals surface area contributed by atoms with Crippen LogP contribution in [-0.4, -0.2) is 55.8 Å². The summed E-state index contributed by atoms with van der Waals surface area (Å²) in [5.41, 5.74) is 2.15. The number of fused-ring (bicyclic) bond motifs is 1. The molecule has 0 atom stereocenters. The number of benzene rings is 1. The number of hydrogen-bond acceptors (Lipinski definition) is 7. The minimum atomic E-state index is 0.288. The third-order valence-electron chi connectivity index (χ3n) is 5.57. The molecule has 2 saturated heterocycles. The fourth-order valence-electron chi connectivity index (χ4n) is 4.06. The van der Waals surface area contributed by atoms with Crippen molar-refractivity contribution >= 4 is 40.2 Å². The lowest BCUT2D eigenvalue weighted by Gasteiger charge is -2.55. The summed E-state index contributed by atoms with van der Waals surface area (Å²) in [6, 6.07) is 7.30. The second kappa shape index (κ2) is 6.60. The van der Waals surface area contributed by atoms with Crippen LogP contribution in [0.5, 0.6) is 0 Å². The van der Waals surface area contributed by atoms with E-state index in [9.17, 15) is 0 Å². The van der Waals surface area contributed by atoms with Crippen LogP contribution in [0.25, 0.3) is 28.4 Å². The topological polar surface area (TPSA) is 81.9 Å². The molecule has 0 aliphatic carbocycles. The molecule has 1 spiro atoms. The van der Waals surface area contributed by atoms with E-state index in [1.165, 1.54) is 6.33 Å². The van der Waals surface area contributed by atoms with E-state index in [0.29, 0.717) is 38.4 Å². The Kier molecular flexibility index (Phi) is 3.96. The molecule has 0 amide bonds. The van der Waals surface area contributed by atoms with E-state index in [0.717, 1.165) is 32.1 Å². The monoisotopic (exact) mass is 439 g/mol. The second-order valence-corrected chi connectivity index (χ2v) is 8.50. The molecule has 2 aliphatic heterocycles. The third kappa shape index (κ3) is 2.68. The largest absolute Gasteiger partial charge is 0.380 e. The molecular weight excluding hydrogens is 425 g/mol. The maximum atomic E-state index is 6.49. The highest BCUT2D eigenvalue weighted by Crippen LogP contribution is 2.40. The zero-order valence-electron chi connectivity index (χ0n) is 15.7. The third-order valence-corrected chi connectivity index (χ3v) is 6.20. The SMILES string of the molecule is Clc1cccc(Cl)c1-c1nc2cncnc2n1-c1cc(N2CC3(COC3)C2)ncn1. The fraction of sp³-hybridized carbons (Fsp3) is 0.250. The van der Waals surface area contributed by atoms with Crippen LogP contribution in [0.1, 0.15) is 0 Å². The first-order valence-electron chi connectivity index (χ1n) is 9.42. The van der Waals surface area contributed by atoms with Gasteiger partial charge in [0.15, 0.2) is 11.5 Å². The van der Waals surface area contributed by atoms with Crippen LogP contribution in [0.15, 0.2) is 43.1 Å². The number of halogens is 2. The first kappa shape index (κ1) is 18.0. The highest BCUT2D eigenvalue weighted by Gasteiger charge is 2.49. The predicted molar refractivity (Wildman–Crippen MR) is 113 cm³/mol. The smallest absolute Gasteiger partial charge is 0.169 e. The molecule has 0 radical (unpaired) electrons. The minimum Gasteiger partial charge on any atom is -0.380 e. The number of aromatic nitrogens is 6. The molecule has 5 heterocycles. The van der Waals surface area contributed by atoms with Gasteiger partial charge in [-0.2, -0.15) is 0 Å². The summed E-state index contributed by atoms with van der Waals surface area (Å²) in [4.78, 5) is 24.4. The van der Waals surface area contributed by atoms with E-state index in [4.69, 9.17) is 32.9 Å². The maximum Gasteiger partial charge on any atom is 0.169 e. The van der Waals surface area contributed by atoms with E-state index >= 15 is 0 Å². The van der Waals surface area contributed by atoms with Crippen molar-refractivity contribution < 1.29 is 4.74 Å². The number of ether oxygens (including phenoxy) is 1. The molecule has 0 saturated carbocycles. The van der Waals surface area contributed by atoms with Gasteiger partial charge in [-0.15, -0.1) is 0 Å². The minimum absolute atomic E-state index is 0.288. The van der Waals surface area contributed by atoms with Crippen molar-refractivity contribution in [1.82, 2.24) is 29.5 Å². The number of anilines is 1. The van der Waals surface area contributed by atoms with E-state index in [1.807, 2.05) is 10.6 Å².